The topological polar surface area (TPSA) is 36.9 Å². The van der Waals surface area contributed by atoms with Gasteiger partial charge in [-0.15, -0.1) is 22.7 Å². The van der Waals surface area contributed by atoms with Gasteiger partial charge in [-0.1, -0.05) is 0 Å². The molecule has 0 bridgehead atoms. The van der Waals surface area contributed by atoms with Gasteiger partial charge in [0, 0.05) is 5.39 Å². The quantitative estimate of drug-likeness (QED) is 0.632. The summed E-state index contributed by atoms with van der Waals surface area (Å²) in [7, 11) is 0. The van der Waals surface area contributed by atoms with Crippen LogP contribution < -0.4 is 0 Å². The van der Waals surface area contributed by atoms with Crippen LogP contribution in [-0.2, 0) is 0 Å². The van der Waals surface area contributed by atoms with Crippen molar-refractivity contribution in [3.63, 3.8) is 0 Å². The Labute approximate surface area is 94.0 Å². The molecular weight excluding hydrogens is 226 g/mol. The van der Waals surface area contributed by atoms with Crippen LogP contribution in [0, 0.1) is 11.3 Å². The largest absolute Gasteiger partial charge is 0.463 e. The van der Waals surface area contributed by atoms with E-state index in [9.17, 15) is 0 Å². The molecule has 3 heterocycles. The van der Waals surface area contributed by atoms with Crippen molar-refractivity contribution in [3.8, 4) is 16.7 Å². The molecule has 3 rings (SSSR count). The molecule has 0 aliphatic heterocycles. The number of hydrogen-bond donors (Lipinski definition) is 0. The van der Waals surface area contributed by atoms with Crippen LogP contribution in [0.15, 0.2) is 34.3 Å². The maximum Gasteiger partial charge on any atom is 0.145 e. The lowest BCUT2D eigenvalue weighted by Crippen LogP contribution is -1.72. The first-order valence-electron chi connectivity index (χ1n) is 4.34. The van der Waals surface area contributed by atoms with Gasteiger partial charge in [0.2, 0.25) is 0 Å². The summed E-state index contributed by atoms with van der Waals surface area (Å²) in [4.78, 5) is 0.935. The summed E-state index contributed by atoms with van der Waals surface area (Å²) in [6, 6.07) is 7.96. The molecule has 0 radical (unpaired) electrons. The SMILES string of the molecule is N#Cc1c(-c2ccco2)sc2sccc12. The van der Waals surface area contributed by atoms with Gasteiger partial charge in [-0.05, 0) is 23.6 Å². The van der Waals surface area contributed by atoms with Crippen LogP contribution in [0.2, 0.25) is 0 Å². The average Bonchev–Trinajstić information content (AvgIpc) is 2.93. The molecule has 0 fully saturated rings. The van der Waals surface area contributed by atoms with Gasteiger partial charge in [0.15, 0.2) is 0 Å². The zero-order chi connectivity index (χ0) is 10.3. The highest BCUT2D eigenvalue weighted by Crippen LogP contribution is 2.40. The summed E-state index contributed by atoms with van der Waals surface area (Å²) in [6.07, 6.45) is 1.63. The Balaban J connectivity index is 2.36. The normalized spacial score (nSPS) is 10.6. The smallest absolute Gasteiger partial charge is 0.145 e. The Morgan fingerprint density at radius 3 is 3.00 bits per heavy atom. The number of rotatable bonds is 1. The van der Waals surface area contributed by atoms with Gasteiger partial charge in [-0.2, -0.15) is 5.26 Å². The second-order valence-corrected chi connectivity index (χ2v) is 5.21. The molecule has 0 aliphatic rings. The average molecular weight is 231 g/mol. The summed E-state index contributed by atoms with van der Waals surface area (Å²) in [6.45, 7) is 0. The van der Waals surface area contributed by atoms with Crippen molar-refractivity contribution in [2.24, 2.45) is 0 Å². The van der Waals surface area contributed by atoms with Gasteiger partial charge in [0.25, 0.3) is 0 Å². The van der Waals surface area contributed by atoms with E-state index in [2.05, 4.69) is 6.07 Å². The van der Waals surface area contributed by atoms with Crippen LogP contribution in [0.1, 0.15) is 5.56 Å². The van der Waals surface area contributed by atoms with Crippen LogP contribution >= 0.6 is 22.7 Å². The Morgan fingerprint density at radius 1 is 1.33 bits per heavy atom. The molecule has 15 heavy (non-hydrogen) atoms. The van der Waals surface area contributed by atoms with Gasteiger partial charge in [-0.25, -0.2) is 0 Å². The van der Waals surface area contributed by atoms with E-state index in [4.69, 9.17) is 9.68 Å². The third-order valence-electron chi connectivity index (χ3n) is 2.18. The Hall–Kier alpha value is -1.57. The highest BCUT2D eigenvalue weighted by atomic mass is 32.2. The molecular formula is C11H5NOS2. The molecule has 0 aromatic carbocycles. The standard InChI is InChI=1S/C11H5NOS2/c12-6-8-7-3-5-14-11(7)15-10(8)9-2-1-4-13-9/h1-5H. The van der Waals surface area contributed by atoms with Crippen molar-refractivity contribution < 1.29 is 4.42 Å². The van der Waals surface area contributed by atoms with E-state index in [1.807, 2.05) is 23.6 Å². The van der Waals surface area contributed by atoms with Gasteiger partial charge in [0.05, 0.1) is 20.7 Å². The summed E-state index contributed by atoms with van der Waals surface area (Å²) >= 11 is 3.28. The van der Waals surface area contributed by atoms with Gasteiger partial charge in [-0.3, -0.25) is 0 Å². The summed E-state index contributed by atoms with van der Waals surface area (Å²) < 4.78 is 6.50. The monoisotopic (exact) mass is 231 g/mol. The van der Waals surface area contributed by atoms with Crippen LogP contribution in [-0.4, -0.2) is 0 Å². The first-order chi connectivity index (χ1) is 7.40. The fourth-order valence-electron chi connectivity index (χ4n) is 1.52. The van der Waals surface area contributed by atoms with E-state index in [0.717, 1.165) is 21.6 Å². The molecule has 3 aromatic heterocycles. The number of nitrogens with zero attached hydrogens (tertiary/aromatic N) is 1. The molecule has 3 aromatic rings. The fourth-order valence-corrected chi connectivity index (χ4v) is 3.69. The van der Waals surface area contributed by atoms with E-state index in [1.54, 1.807) is 28.9 Å². The van der Waals surface area contributed by atoms with Crippen molar-refractivity contribution >= 4 is 32.1 Å². The second-order valence-electron chi connectivity index (χ2n) is 3.02. The van der Waals surface area contributed by atoms with Crippen molar-refractivity contribution in [3.05, 3.63) is 35.4 Å². The van der Waals surface area contributed by atoms with Crippen molar-refractivity contribution in [1.29, 1.82) is 5.26 Å². The maximum atomic E-state index is 9.14. The Kier molecular flexibility index (Phi) is 1.88. The van der Waals surface area contributed by atoms with E-state index in [-0.39, 0.29) is 0 Å². The van der Waals surface area contributed by atoms with Gasteiger partial charge in [0.1, 0.15) is 11.8 Å². The highest BCUT2D eigenvalue weighted by Gasteiger charge is 2.15. The van der Waals surface area contributed by atoms with E-state index < -0.39 is 0 Å². The van der Waals surface area contributed by atoms with E-state index >= 15 is 0 Å². The lowest BCUT2D eigenvalue weighted by molar-refractivity contribution is 0.583. The number of nitriles is 1. The zero-order valence-corrected chi connectivity index (χ0v) is 9.19. The minimum atomic E-state index is 0.728. The number of furan rings is 1. The first-order valence-corrected chi connectivity index (χ1v) is 6.04. The summed E-state index contributed by atoms with van der Waals surface area (Å²) in [5, 5.41) is 12.2. The second kappa shape index (κ2) is 3.23. The number of hydrogen-bond acceptors (Lipinski definition) is 4. The first kappa shape index (κ1) is 8.72. The summed E-state index contributed by atoms with van der Waals surface area (Å²) in [5.41, 5.74) is 0.728. The minimum Gasteiger partial charge on any atom is -0.463 e. The number of fused-ring (bicyclic) bond motifs is 1. The molecule has 0 aliphatic carbocycles. The maximum absolute atomic E-state index is 9.14. The predicted molar refractivity (Wildman–Crippen MR) is 62.1 cm³/mol. The van der Waals surface area contributed by atoms with Crippen LogP contribution in [0.25, 0.3) is 20.0 Å². The molecule has 72 valence electrons. The highest BCUT2D eigenvalue weighted by molar-refractivity contribution is 7.39. The molecule has 0 atom stereocenters. The fraction of sp³-hybridized carbons (Fsp3) is 0. The molecule has 0 spiro atoms. The van der Waals surface area contributed by atoms with Crippen LogP contribution in [0.3, 0.4) is 0 Å². The van der Waals surface area contributed by atoms with E-state index in [0.29, 0.717) is 0 Å². The molecule has 0 amide bonds. The Bertz CT molecular complexity index is 640. The van der Waals surface area contributed by atoms with Gasteiger partial charge < -0.3 is 4.42 Å². The molecule has 0 unspecified atom stereocenters. The third kappa shape index (κ3) is 1.21. The third-order valence-corrected chi connectivity index (χ3v) is 4.44. The van der Waals surface area contributed by atoms with Crippen molar-refractivity contribution in [2.75, 3.05) is 0 Å². The molecule has 4 heteroatoms. The zero-order valence-electron chi connectivity index (χ0n) is 7.56. The Morgan fingerprint density at radius 2 is 2.27 bits per heavy atom. The van der Waals surface area contributed by atoms with Gasteiger partial charge >= 0.3 is 0 Å². The van der Waals surface area contributed by atoms with Crippen LogP contribution in [0.5, 0.6) is 0 Å². The minimum absolute atomic E-state index is 0.728. The lowest BCUT2D eigenvalue weighted by Gasteiger charge is -1.90. The summed E-state index contributed by atoms with van der Waals surface area (Å²) in [5.74, 6) is 0.778. The molecule has 0 saturated heterocycles. The number of thiophene rings is 2. The van der Waals surface area contributed by atoms with Crippen LogP contribution in [0.4, 0.5) is 0 Å². The molecule has 0 N–H and O–H groups in total. The van der Waals surface area contributed by atoms with Crippen molar-refractivity contribution in [2.45, 2.75) is 0 Å². The van der Waals surface area contributed by atoms with E-state index in [1.165, 1.54) is 4.01 Å². The molecule has 0 saturated carbocycles. The molecule has 2 nitrogen and oxygen atoms in total. The lowest BCUT2D eigenvalue weighted by atomic mass is 10.2. The van der Waals surface area contributed by atoms with Crippen molar-refractivity contribution in [1.82, 2.24) is 0 Å². The predicted octanol–water partition coefficient (Wildman–Crippen LogP) is 4.09.